The Morgan fingerprint density at radius 2 is 1.60 bits per heavy atom. The second-order valence-corrected chi connectivity index (χ2v) is 6.38. The van der Waals surface area contributed by atoms with Crippen molar-refractivity contribution in [2.45, 2.75) is 85.0 Å². The third-order valence-electron chi connectivity index (χ3n) is 4.36. The molecule has 0 aliphatic heterocycles. The van der Waals surface area contributed by atoms with E-state index in [1.165, 1.54) is 38.5 Å². The molecule has 0 heterocycles. The number of carbonyl (C=O) groups excluding carboxylic acids is 1. The number of unbranched alkanes of at least 4 members (excludes halogenated alkanes) is 6. The van der Waals surface area contributed by atoms with Crippen molar-refractivity contribution >= 4 is 12.3 Å². The molecule has 0 rings (SSSR count). The summed E-state index contributed by atoms with van der Waals surface area (Å²) in [4.78, 5) is 21.9. The lowest BCUT2D eigenvalue weighted by atomic mass is 9.74. The third kappa shape index (κ3) is 7.66. The van der Waals surface area contributed by atoms with Gasteiger partial charge in [-0.05, 0) is 32.6 Å². The molecule has 0 aromatic rings. The molecule has 0 aliphatic carbocycles. The van der Waals surface area contributed by atoms with Crippen LogP contribution in [0.5, 0.6) is 0 Å². The first-order valence-electron chi connectivity index (χ1n) is 8.13. The monoisotopic (exact) mass is 284 g/mol. The van der Waals surface area contributed by atoms with Gasteiger partial charge in [0.15, 0.2) is 0 Å². The first-order chi connectivity index (χ1) is 9.46. The molecule has 0 amide bonds. The normalized spacial score (nSPS) is 13.2. The van der Waals surface area contributed by atoms with Gasteiger partial charge in [-0.2, -0.15) is 0 Å². The van der Waals surface area contributed by atoms with Crippen LogP contribution in [-0.2, 0) is 9.59 Å². The molecular formula is C17H32O3. The largest absolute Gasteiger partial charge is 0.481 e. The third-order valence-corrected chi connectivity index (χ3v) is 4.36. The van der Waals surface area contributed by atoms with E-state index in [4.69, 9.17) is 0 Å². The van der Waals surface area contributed by atoms with Crippen molar-refractivity contribution in [2.75, 3.05) is 0 Å². The van der Waals surface area contributed by atoms with Gasteiger partial charge in [-0.3, -0.25) is 4.79 Å². The van der Waals surface area contributed by atoms with Gasteiger partial charge < -0.3 is 9.90 Å². The summed E-state index contributed by atoms with van der Waals surface area (Å²) in [5.41, 5.74) is -0.731. The maximum absolute atomic E-state index is 11.3. The molecule has 3 nitrogen and oxygen atoms in total. The van der Waals surface area contributed by atoms with Crippen LogP contribution in [0.2, 0.25) is 0 Å². The average molecular weight is 284 g/mol. The lowest BCUT2D eigenvalue weighted by Gasteiger charge is -2.30. The number of aliphatic carboxylic acids is 1. The van der Waals surface area contributed by atoms with Crippen LogP contribution in [-0.4, -0.2) is 17.4 Å². The molecule has 0 aromatic carbocycles. The van der Waals surface area contributed by atoms with Crippen molar-refractivity contribution in [1.29, 1.82) is 0 Å². The molecule has 1 N–H and O–H groups in total. The van der Waals surface area contributed by atoms with Crippen LogP contribution < -0.4 is 0 Å². The summed E-state index contributed by atoms with van der Waals surface area (Å²) >= 11 is 0. The van der Waals surface area contributed by atoms with Crippen LogP contribution in [0.25, 0.3) is 0 Å². The summed E-state index contributed by atoms with van der Waals surface area (Å²) in [7, 11) is 0. The molecule has 0 aromatic heterocycles. The summed E-state index contributed by atoms with van der Waals surface area (Å²) in [6.07, 6.45) is 11.7. The lowest BCUT2D eigenvalue weighted by molar-refractivity contribution is -0.150. The quantitative estimate of drug-likeness (QED) is 0.389. The van der Waals surface area contributed by atoms with E-state index in [9.17, 15) is 14.7 Å². The maximum Gasteiger partial charge on any atom is 0.309 e. The molecule has 0 spiro atoms. The molecule has 0 aliphatic rings. The molecule has 118 valence electrons. The number of carboxylic acid groups (broad SMARTS) is 1. The van der Waals surface area contributed by atoms with Gasteiger partial charge in [0.25, 0.3) is 0 Å². The van der Waals surface area contributed by atoms with E-state index in [1.54, 1.807) is 13.8 Å². The molecular weight excluding hydrogens is 252 g/mol. The summed E-state index contributed by atoms with van der Waals surface area (Å²) in [5, 5.41) is 9.32. The molecule has 1 unspecified atom stereocenters. The zero-order chi connectivity index (χ0) is 15.4. The van der Waals surface area contributed by atoms with Crippen LogP contribution in [0.3, 0.4) is 0 Å². The highest BCUT2D eigenvalue weighted by atomic mass is 16.4. The zero-order valence-electron chi connectivity index (χ0n) is 13.5. The SMILES string of the molecule is CCCCCCCCCC(CCC=O)C(C)(C)C(=O)O. The topological polar surface area (TPSA) is 54.4 Å². The van der Waals surface area contributed by atoms with E-state index in [1.807, 2.05) is 0 Å². The van der Waals surface area contributed by atoms with Gasteiger partial charge in [-0.15, -0.1) is 0 Å². The van der Waals surface area contributed by atoms with Crippen LogP contribution in [0.1, 0.15) is 85.0 Å². The second-order valence-electron chi connectivity index (χ2n) is 6.38. The predicted octanol–water partition coefficient (Wildman–Crippen LogP) is 4.83. The molecule has 0 fully saturated rings. The van der Waals surface area contributed by atoms with Crippen molar-refractivity contribution in [3.63, 3.8) is 0 Å². The minimum atomic E-state index is -0.753. The number of hydrogen-bond acceptors (Lipinski definition) is 2. The predicted molar refractivity (Wildman–Crippen MR) is 82.8 cm³/mol. The van der Waals surface area contributed by atoms with Gasteiger partial charge in [0, 0.05) is 6.42 Å². The number of carbonyl (C=O) groups is 2. The molecule has 3 heteroatoms. The minimum absolute atomic E-state index is 0.0980. The van der Waals surface area contributed by atoms with Crippen LogP contribution in [0.4, 0.5) is 0 Å². The fraction of sp³-hybridized carbons (Fsp3) is 0.882. The smallest absolute Gasteiger partial charge is 0.309 e. The minimum Gasteiger partial charge on any atom is -0.481 e. The summed E-state index contributed by atoms with van der Waals surface area (Å²) in [6.45, 7) is 5.78. The Bertz CT molecular complexity index is 271. The molecule has 0 radical (unpaired) electrons. The van der Waals surface area contributed by atoms with Crippen LogP contribution in [0.15, 0.2) is 0 Å². The van der Waals surface area contributed by atoms with E-state index >= 15 is 0 Å². The van der Waals surface area contributed by atoms with E-state index < -0.39 is 11.4 Å². The highest BCUT2D eigenvalue weighted by molar-refractivity contribution is 5.74. The molecule has 0 bridgehead atoms. The van der Waals surface area contributed by atoms with Gasteiger partial charge in [0.05, 0.1) is 5.41 Å². The Kier molecular flexibility index (Phi) is 10.4. The van der Waals surface area contributed by atoms with Gasteiger partial charge in [-0.1, -0.05) is 51.9 Å². The van der Waals surface area contributed by atoms with E-state index in [2.05, 4.69) is 6.92 Å². The van der Waals surface area contributed by atoms with Gasteiger partial charge in [0.1, 0.15) is 6.29 Å². The zero-order valence-corrected chi connectivity index (χ0v) is 13.5. The average Bonchev–Trinajstić information content (AvgIpc) is 2.40. The standard InChI is InChI=1S/C17H32O3/c1-4-5-6-7-8-9-10-12-15(13-11-14-18)17(2,3)16(19)20/h14-15H,4-13H2,1-3H3,(H,19,20). The summed E-state index contributed by atoms with van der Waals surface area (Å²) in [6, 6.07) is 0. The number of aldehydes is 1. The Morgan fingerprint density at radius 3 is 2.10 bits per heavy atom. The molecule has 0 saturated heterocycles. The lowest BCUT2D eigenvalue weighted by Crippen LogP contribution is -2.33. The van der Waals surface area contributed by atoms with Gasteiger partial charge in [0.2, 0.25) is 0 Å². The van der Waals surface area contributed by atoms with Crippen molar-refractivity contribution in [2.24, 2.45) is 11.3 Å². The number of hydrogen-bond donors (Lipinski definition) is 1. The molecule has 1 atom stereocenters. The van der Waals surface area contributed by atoms with Crippen molar-refractivity contribution < 1.29 is 14.7 Å². The van der Waals surface area contributed by atoms with Gasteiger partial charge in [-0.25, -0.2) is 0 Å². The summed E-state index contributed by atoms with van der Waals surface area (Å²) in [5.74, 6) is -0.655. The molecule has 20 heavy (non-hydrogen) atoms. The first kappa shape index (κ1) is 19.1. The van der Waals surface area contributed by atoms with E-state index in [0.717, 1.165) is 19.1 Å². The van der Waals surface area contributed by atoms with Crippen molar-refractivity contribution in [1.82, 2.24) is 0 Å². The van der Waals surface area contributed by atoms with Crippen molar-refractivity contribution in [3.8, 4) is 0 Å². The highest BCUT2D eigenvalue weighted by Crippen LogP contribution is 2.34. The first-order valence-corrected chi connectivity index (χ1v) is 8.13. The Labute approximate surface area is 124 Å². The van der Waals surface area contributed by atoms with Crippen LogP contribution >= 0.6 is 0 Å². The van der Waals surface area contributed by atoms with Crippen molar-refractivity contribution in [3.05, 3.63) is 0 Å². The Morgan fingerprint density at radius 1 is 1.05 bits per heavy atom. The Hall–Kier alpha value is -0.860. The molecule has 0 saturated carbocycles. The van der Waals surface area contributed by atoms with E-state index in [-0.39, 0.29) is 5.92 Å². The second kappa shape index (κ2) is 10.9. The fourth-order valence-electron chi connectivity index (χ4n) is 2.66. The number of carboxylic acids is 1. The fourth-order valence-corrected chi connectivity index (χ4v) is 2.66. The maximum atomic E-state index is 11.3. The van der Waals surface area contributed by atoms with Gasteiger partial charge >= 0.3 is 5.97 Å². The van der Waals surface area contributed by atoms with E-state index in [0.29, 0.717) is 12.8 Å². The Balaban J connectivity index is 4.05. The summed E-state index contributed by atoms with van der Waals surface area (Å²) < 4.78 is 0. The highest BCUT2D eigenvalue weighted by Gasteiger charge is 2.35. The number of rotatable bonds is 13. The van der Waals surface area contributed by atoms with Crippen LogP contribution in [0, 0.1) is 11.3 Å².